The Balaban J connectivity index is 2.87. The number of hydrogen-bond acceptors (Lipinski definition) is 3. The van der Waals surface area contributed by atoms with E-state index < -0.39 is 6.04 Å². The van der Waals surface area contributed by atoms with Gasteiger partial charge in [0.25, 0.3) is 0 Å². The first-order valence-electron chi connectivity index (χ1n) is 7.91. The van der Waals surface area contributed by atoms with Gasteiger partial charge in [0.2, 0.25) is 11.8 Å². The van der Waals surface area contributed by atoms with Crippen molar-refractivity contribution in [2.75, 3.05) is 13.2 Å². The third-order valence-electron chi connectivity index (χ3n) is 3.71. The fraction of sp³-hybridized carbons (Fsp3) is 0.875. The Kier molecular flexibility index (Phi) is 6.20. The third kappa shape index (κ3) is 4.70. The maximum atomic E-state index is 12.7. The average molecular weight is 298 g/mol. The van der Waals surface area contributed by atoms with E-state index in [1.807, 2.05) is 41.5 Å². The van der Waals surface area contributed by atoms with Crippen LogP contribution in [0.15, 0.2) is 0 Å². The first-order valence-corrected chi connectivity index (χ1v) is 7.91. The summed E-state index contributed by atoms with van der Waals surface area (Å²) in [5.74, 6) is -0.0335. The van der Waals surface area contributed by atoms with Crippen LogP contribution in [0.2, 0.25) is 0 Å². The second kappa shape index (κ2) is 7.25. The van der Waals surface area contributed by atoms with Crippen LogP contribution in [0.4, 0.5) is 0 Å². The van der Waals surface area contributed by atoms with Crippen LogP contribution in [0, 0.1) is 5.41 Å². The van der Waals surface area contributed by atoms with Crippen molar-refractivity contribution in [3.8, 4) is 0 Å². The van der Waals surface area contributed by atoms with Gasteiger partial charge >= 0.3 is 0 Å². The first-order chi connectivity index (χ1) is 9.68. The van der Waals surface area contributed by atoms with Crippen LogP contribution in [-0.4, -0.2) is 48.1 Å². The Hall–Kier alpha value is -1.10. The molecule has 1 saturated heterocycles. The molecule has 1 heterocycles. The molecule has 1 N–H and O–H groups in total. The Bertz CT molecular complexity index is 374. The van der Waals surface area contributed by atoms with E-state index in [-0.39, 0.29) is 29.4 Å². The fourth-order valence-corrected chi connectivity index (χ4v) is 2.56. The van der Waals surface area contributed by atoms with E-state index in [0.717, 1.165) is 6.42 Å². The highest BCUT2D eigenvalue weighted by molar-refractivity contribution is 5.97. The van der Waals surface area contributed by atoms with Gasteiger partial charge in [0.1, 0.15) is 12.1 Å². The lowest BCUT2D eigenvalue weighted by molar-refractivity contribution is -0.153. The smallest absolute Gasteiger partial charge is 0.246 e. The lowest BCUT2D eigenvalue weighted by Crippen LogP contribution is -2.66. The minimum atomic E-state index is -0.461. The molecule has 0 aromatic rings. The molecule has 1 aliphatic heterocycles. The van der Waals surface area contributed by atoms with Crippen molar-refractivity contribution < 1.29 is 14.3 Å². The monoisotopic (exact) mass is 298 g/mol. The van der Waals surface area contributed by atoms with Crippen molar-refractivity contribution >= 4 is 11.8 Å². The largest absolute Gasteiger partial charge is 0.377 e. The van der Waals surface area contributed by atoms with E-state index in [4.69, 9.17) is 4.74 Å². The lowest BCUT2D eigenvalue weighted by atomic mass is 9.83. The molecule has 0 spiro atoms. The molecule has 122 valence electrons. The van der Waals surface area contributed by atoms with E-state index in [1.165, 1.54) is 0 Å². The summed E-state index contributed by atoms with van der Waals surface area (Å²) in [6.07, 6.45) is 1.69. The molecule has 1 aliphatic rings. The molecule has 21 heavy (non-hydrogen) atoms. The van der Waals surface area contributed by atoms with Gasteiger partial charge in [0, 0.05) is 6.54 Å². The van der Waals surface area contributed by atoms with E-state index in [2.05, 4.69) is 5.32 Å². The molecule has 1 rings (SSSR count). The molecule has 0 bridgehead atoms. The minimum absolute atomic E-state index is 0.00732. The lowest BCUT2D eigenvalue weighted by Gasteiger charge is -2.43. The van der Waals surface area contributed by atoms with Gasteiger partial charge in [-0.3, -0.25) is 9.59 Å². The number of rotatable bonds is 6. The summed E-state index contributed by atoms with van der Waals surface area (Å²) in [4.78, 5) is 26.8. The van der Waals surface area contributed by atoms with Crippen LogP contribution >= 0.6 is 0 Å². The summed E-state index contributed by atoms with van der Waals surface area (Å²) in [6.45, 7) is 12.8. The van der Waals surface area contributed by atoms with Crippen LogP contribution < -0.4 is 5.32 Å². The third-order valence-corrected chi connectivity index (χ3v) is 3.71. The summed E-state index contributed by atoms with van der Waals surface area (Å²) in [5.41, 5.74) is -0.291. The van der Waals surface area contributed by atoms with Gasteiger partial charge in [-0.25, -0.2) is 0 Å². The normalized spacial score (nSPS) is 23.7. The van der Waals surface area contributed by atoms with Crippen molar-refractivity contribution in [2.24, 2.45) is 5.41 Å². The number of carbonyl (C=O) groups excluding carboxylic acids is 2. The fourth-order valence-electron chi connectivity index (χ4n) is 2.56. The van der Waals surface area contributed by atoms with Crippen molar-refractivity contribution in [1.82, 2.24) is 10.2 Å². The van der Waals surface area contributed by atoms with E-state index in [9.17, 15) is 9.59 Å². The van der Waals surface area contributed by atoms with Gasteiger partial charge in [0.15, 0.2) is 0 Å². The molecule has 0 radical (unpaired) electrons. The first kappa shape index (κ1) is 18.0. The Labute approximate surface area is 128 Å². The minimum Gasteiger partial charge on any atom is -0.377 e. The average Bonchev–Trinajstić information content (AvgIpc) is 2.35. The van der Waals surface area contributed by atoms with Gasteiger partial charge in [0.05, 0.1) is 12.7 Å². The zero-order valence-electron chi connectivity index (χ0n) is 14.2. The van der Waals surface area contributed by atoms with Crippen LogP contribution in [0.5, 0.6) is 0 Å². The number of carbonyl (C=O) groups is 2. The summed E-state index contributed by atoms with van der Waals surface area (Å²) in [5, 5.41) is 2.90. The molecule has 2 amide bonds. The Morgan fingerprint density at radius 1 is 1.29 bits per heavy atom. The zero-order valence-corrected chi connectivity index (χ0v) is 14.2. The van der Waals surface area contributed by atoms with Crippen molar-refractivity contribution in [2.45, 2.75) is 72.6 Å². The van der Waals surface area contributed by atoms with E-state index in [0.29, 0.717) is 19.6 Å². The number of hydrogen-bond donors (Lipinski definition) is 1. The predicted molar refractivity (Wildman–Crippen MR) is 82.9 cm³/mol. The predicted octanol–water partition coefficient (Wildman–Crippen LogP) is 1.95. The number of amides is 2. The molecule has 5 heteroatoms. The second-order valence-electron chi connectivity index (χ2n) is 7.06. The van der Waals surface area contributed by atoms with Crippen LogP contribution in [0.1, 0.15) is 54.4 Å². The van der Waals surface area contributed by atoms with Crippen molar-refractivity contribution in [3.05, 3.63) is 0 Å². The second-order valence-corrected chi connectivity index (χ2v) is 7.06. The number of piperazine rings is 1. The highest BCUT2D eigenvalue weighted by Crippen LogP contribution is 2.26. The maximum absolute atomic E-state index is 12.7. The van der Waals surface area contributed by atoms with Crippen LogP contribution in [0.3, 0.4) is 0 Å². The maximum Gasteiger partial charge on any atom is 0.246 e. The molecule has 2 atom stereocenters. The number of ether oxygens (including phenoxy) is 1. The number of nitrogens with zero attached hydrogens (tertiary/aromatic N) is 1. The van der Waals surface area contributed by atoms with Crippen LogP contribution in [-0.2, 0) is 14.3 Å². The van der Waals surface area contributed by atoms with Crippen LogP contribution in [0.25, 0.3) is 0 Å². The van der Waals surface area contributed by atoms with E-state index >= 15 is 0 Å². The molecule has 5 nitrogen and oxygen atoms in total. The summed E-state index contributed by atoms with van der Waals surface area (Å²) < 4.78 is 5.55. The molecule has 1 fully saturated rings. The summed E-state index contributed by atoms with van der Waals surface area (Å²) in [7, 11) is 0. The molecule has 0 aromatic carbocycles. The summed E-state index contributed by atoms with van der Waals surface area (Å²) >= 11 is 0. The SMILES string of the molecule is CCCC1C(=O)NC(C(C)(C)C)C(=O)N1CCOC(C)C. The zero-order chi connectivity index (χ0) is 16.2. The van der Waals surface area contributed by atoms with Gasteiger partial charge in [-0.15, -0.1) is 0 Å². The highest BCUT2D eigenvalue weighted by atomic mass is 16.5. The number of nitrogens with one attached hydrogen (secondary N) is 1. The topological polar surface area (TPSA) is 58.6 Å². The molecule has 0 aliphatic carbocycles. The Morgan fingerprint density at radius 3 is 2.38 bits per heavy atom. The van der Waals surface area contributed by atoms with Gasteiger partial charge in [-0.05, 0) is 25.7 Å². The van der Waals surface area contributed by atoms with Gasteiger partial charge in [-0.2, -0.15) is 0 Å². The van der Waals surface area contributed by atoms with E-state index in [1.54, 1.807) is 4.90 Å². The summed E-state index contributed by atoms with van der Waals surface area (Å²) in [6, 6.07) is -0.825. The van der Waals surface area contributed by atoms with Gasteiger partial charge in [-0.1, -0.05) is 34.1 Å². The molecule has 2 unspecified atom stereocenters. The van der Waals surface area contributed by atoms with Crippen molar-refractivity contribution in [1.29, 1.82) is 0 Å². The quantitative estimate of drug-likeness (QED) is 0.815. The molecular formula is C16H30N2O3. The molecule has 0 aromatic heterocycles. The Morgan fingerprint density at radius 2 is 1.90 bits per heavy atom. The van der Waals surface area contributed by atoms with Gasteiger partial charge < -0.3 is 15.0 Å². The standard InChI is InChI=1S/C16H30N2O3/c1-7-8-12-14(19)17-13(16(4,5)6)15(20)18(12)9-10-21-11(2)3/h11-13H,7-10H2,1-6H3,(H,17,19). The van der Waals surface area contributed by atoms with Crippen molar-refractivity contribution in [3.63, 3.8) is 0 Å². The molecule has 0 saturated carbocycles. The molecular weight excluding hydrogens is 268 g/mol. The highest BCUT2D eigenvalue weighted by Gasteiger charge is 2.44.